The number of carbonyl (C=O) groups excluding carboxylic acids is 2. The maximum absolute atomic E-state index is 13.3. The SMILES string of the molecule is C=C1CC23CCC4C(C)(C)CCCC4(C)C2CCC1C3OC(=O)CC(=O)OC1C2(C)CCC(C2)C1(C)C. The van der Waals surface area contributed by atoms with Gasteiger partial charge in [-0.1, -0.05) is 60.1 Å². The molecule has 37 heavy (non-hydrogen) atoms. The fourth-order valence-electron chi connectivity index (χ4n) is 11.9. The molecule has 0 heterocycles. The molecule has 0 radical (unpaired) electrons. The predicted molar refractivity (Wildman–Crippen MR) is 144 cm³/mol. The predicted octanol–water partition coefficient (Wildman–Crippen LogP) is 7.65. The van der Waals surface area contributed by atoms with Gasteiger partial charge in [0.15, 0.2) is 0 Å². The van der Waals surface area contributed by atoms with Crippen LogP contribution in [-0.4, -0.2) is 24.1 Å². The lowest BCUT2D eigenvalue weighted by molar-refractivity contribution is -0.202. The number of fused-ring (bicyclic) bond motifs is 5. The molecule has 6 aliphatic carbocycles. The van der Waals surface area contributed by atoms with E-state index in [1.807, 2.05) is 0 Å². The lowest BCUT2D eigenvalue weighted by Crippen LogP contribution is -2.60. The highest BCUT2D eigenvalue weighted by atomic mass is 16.6. The Bertz CT molecular complexity index is 1010. The first-order valence-corrected chi connectivity index (χ1v) is 15.3. The van der Waals surface area contributed by atoms with Crippen LogP contribution >= 0.6 is 0 Å². The number of esters is 2. The smallest absolute Gasteiger partial charge is 0.317 e. The average molecular weight is 511 g/mol. The Morgan fingerprint density at radius 3 is 2.30 bits per heavy atom. The summed E-state index contributed by atoms with van der Waals surface area (Å²) in [5, 5.41) is 0. The molecule has 0 aromatic carbocycles. The molecule has 0 saturated heterocycles. The van der Waals surface area contributed by atoms with Gasteiger partial charge in [-0.25, -0.2) is 0 Å². The molecule has 6 fully saturated rings. The first-order valence-electron chi connectivity index (χ1n) is 15.3. The van der Waals surface area contributed by atoms with Gasteiger partial charge >= 0.3 is 11.9 Å². The maximum atomic E-state index is 13.3. The fraction of sp³-hybridized carbons (Fsp3) is 0.879. The largest absolute Gasteiger partial charge is 0.461 e. The number of ether oxygens (including phenoxy) is 2. The lowest BCUT2D eigenvalue weighted by Gasteiger charge is -2.64. The zero-order valence-electron chi connectivity index (χ0n) is 24.3. The van der Waals surface area contributed by atoms with Crippen LogP contribution in [0.1, 0.15) is 119 Å². The Morgan fingerprint density at radius 1 is 0.865 bits per heavy atom. The quantitative estimate of drug-likeness (QED) is 0.221. The summed E-state index contributed by atoms with van der Waals surface area (Å²) in [6.45, 7) is 18.7. The summed E-state index contributed by atoms with van der Waals surface area (Å²) < 4.78 is 12.4. The second kappa shape index (κ2) is 8.10. The van der Waals surface area contributed by atoms with Gasteiger partial charge < -0.3 is 9.47 Å². The summed E-state index contributed by atoms with van der Waals surface area (Å²) in [6, 6.07) is 0. The van der Waals surface area contributed by atoms with E-state index < -0.39 is 11.9 Å². The van der Waals surface area contributed by atoms with E-state index in [2.05, 4.69) is 48.1 Å². The van der Waals surface area contributed by atoms with Crippen LogP contribution in [0.5, 0.6) is 0 Å². The summed E-state index contributed by atoms with van der Waals surface area (Å²) in [4.78, 5) is 26.4. The topological polar surface area (TPSA) is 52.6 Å². The molecule has 1 spiro atoms. The first kappa shape index (κ1) is 25.9. The molecule has 0 amide bonds. The van der Waals surface area contributed by atoms with Gasteiger partial charge in [0, 0.05) is 22.2 Å². The Morgan fingerprint density at radius 2 is 1.59 bits per heavy atom. The molecule has 0 aromatic heterocycles. The summed E-state index contributed by atoms with van der Waals surface area (Å²) in [7, 11) is 0. The second-order valence-electron chi connectivity index (χ2n) is 16.1. The third-order valence-corrected chi connectivity index (χ3v) is 13.4. The number of hydrogen-bond donors (Lipinski definition) is 0. The van der Waals surface area contributed by atoms with Crippen molar-refractivity contribution in [2.45, 2.75) is 131 Å². The van der Waals surface area contributed by atoms with Gasteiger partial charge in [-0.2, -0.15) is 0 Å². The minimum atomic E-state index is -0.405. The van der Waals surface area contributed by atoms with Gasteiger partial charge in [-0.05, 0) is 92.8 Å². The highest BCUT2D eigenvalue weighted by Gasteiger charge is 2.68. The van der Waals surface area contributed by atoms with Crippen LogP contribution in [0.3, 0.4) is 0 Å². The Hall–Kier alpha value is -1.32. The molecule has 6 rings (SSSR count). The van der Waals surface area contributed by atoms with Crippen molar-refractivity contribution in [3.05, 3.63) is 12.2 Å². The van der Waals surface area contributed by atoms with Crippen molar-refractivity contribution in [1.82, 2.24) is 0 Å². The fourth-order valence-corrected chi connectivity index (χ4v) is 11.9. The van der Waals surface area contributed by atoms with E-state index in [0.717, 1.165) is 38.0 Å². The average Bonchev–Trinajstić information content (AvgIpc) is 3.31. The third-order valence-electron chi connectivity index (χ3n) is 13.4. The molecule has 0 aromatic rings. The molecule has 4 heteroatoms. The third kappa shape index (κ3) is 3.58. The Labute approximate surface area is 224 Å². The molecule has 6 aliphatic rings. The molecule has 9 atom stereocenters. The van der Waals surface area contributed by atoms with Gasteiger partial charge in [0.05, 0.1) is 0 Å². The van der Waals surface area contributed by atoms with Gasteiger partial charge in [0.1, 0.15) is 18.6 Å². The molecule has 0 aliphatic heterocycles. The minimum absolute atomic E-state index is 0.00168. The number of carbonyl (C=O) groups is 2. The molecular formula is C33H50O4. The van der Waals surface area contributed by atoms with E-state index in [1.165, 1.54) is 44.1 Å². The summed E-state index contributed by atoms with van der Waals surface area (Å²) in [6.07, 6.45) is 12.4. The molecular weight excluding hydrogens is 460 g/mol. The van der Waals surface area contributed by atoms with Crippen LogP contribution in [-0.2, 0) is 19.1 Å². The van der Waals surface area contributed by atoms with Crippen LogP contribution in [0.15, 0.2) is 12.2 Å². The second-order valence-corrected chi connectivity index (χ2v) is 16.1. The van der Waals surface area contributed by atoms with Crippen molar-refractivity contribution in [2.24, 2.45) is 50.7 Å². The van der Waals surface area contributed by atoms with Crippen LogP contribution < -0.4 is 0 Å². The van der Waals surface area contributed by atoms with Crippen LogP contribution in [0, 0.1) is 50.7 Å². The van der Waals surface area contributed by atoms with E-state index in [1.54, 1.807) is 0 Å². The standard InChI is InChI=1S/C33H50O4/c1-20-18-33-16-12-23-29(2,3)13-8-14-32(23,7)24(33)10-9-22(20)27(33)36-25(34)17-26(35)37-28-30(4,5)21-11-15-31(28,6)19-21/h21-24,27-28H,1,8-19H2,2-7H3. The van der Waals surface area contributed by atoms with Crippen molar-refractivity contribution in [3.8, 4) is 0 Å². The Balaban J connectivity index is 1.18. The van der Waals surface area contributed by atoms with Crippen LogP contribution in [0.2, 0.25) is 0 Å². The lowest BCUT2D eigenvalue weighted by atomic mass is 9.41. The zero-order valence-corrected chi connectivity index (χ0v) is 24.3. The van der Waals surface area contributed by atoms with Gasteiger partial charge in [-0.3, -0.25) is 9.59 Å². The van der Waals surface area contributed by atoms with Crippen molar-refractivity contribution >= 4 is 11.9 Å². The number of rotatable bonds is 4. The van der Waals surface area contributed by atoms with E-state index in [4.69, 9.17) is 9.47 Å². The monoisotopic (exact) mass is 510 g/mol. The van der Waals surface area contributed by atoms with Gasteiger partial charge in [0.2, 0.25) is 0 Å². The van der Waals surface area contributed by atoms with Crippen LogP contribution in [0.25, 0.3) is 0 Å². The van der Waals surface area contributed by atoms with Crippen molar-refractivity contribution < 1.29 is 19.1 Å². The highest BCUT2D eigenvalue weighted by molar-refractivity contribution is 5.91. The van der Waals surface area contributed by atoms with Gasteiger partial charge in [-0.15, -0.1) is 0 Å². The Kier molecular flexibility index (Phi) is 5.68. The van der Waals surface area contributed by atoms with Crippen molar-refractivity contribution in [1.29, 1.82) is 0 Å². The minimum Gasteiger partial charge on any atom is -0.461 e. The number of hydrogen-bond acceptors (Lipinski definition) is 4. The van der Waals surface area contributed by atoms with Gasteiger partial charge in [0.25, 0.3) is 0 Å². The molecule has 6 saturated carbocycles. The van der Waals surface area contributed by atoms with Crippen LogP contribution in [0.4, 0.5) is 0 Å². The first-order chi connectivity index (χ1) is 17.2. The highest BCUT2D eigenvalue weighted by Crippen LogP contribution is 2.72. The summed E-state index contributed by atoms with van der Waals surface area (Å²) in [5.74, 6) is 1.34. The van der Waals surface area contributed by atoms with E-state index in [9.17, 15) is 9.59 Å². The summed E-state index contributed by atoms with van der Waals surface area (Å²) in [5.41, 5.74) is 1.96. The van der Waals surface area contributed by atoms with Crippen molar-refractivity contribution in [2.75, 3.05) is 0 Å². The van der Waals surface area contributed by atoms with E-state index in [-0.39, 0.29) is 40.8 Å². The molecule has 206 valence electrons. The zero-order chi connectivity index (χ0) is 26.6. The molecule has 0 N–H and O–H groups in total. The molecule has 4 nitrogen and oxygen atoms in total. The van der Waals surface area contributed by atoms with E-state index >= 15 is 0 Å². The summed E-state index contributed by atoms with van der Waals surface area (Å²) >= 11 is 0. The molecule has 4 bridgehead atoms. The normalized spacial score (nSPS) is 48.8. The molecule has 9 unspecified atom stereocenters. The van der Waals surface area contributed by atoms with E-state index in [0.29, 0.717) is 22.7 Å². The maximum Gasteiger partial charge on any atom is 0.317 e. The van der Waals surface area contributed by atoms with Crippen molar-refractivity contribution in [3.63, 3.8) is 0 Å².